The van der Waals surface area contributed by atoms with Gasteiger partial charge in [-0.15, -0.1) is 0 Å². The lowest BCUT2D eigenvalue weighted by Gasteiger charge is -2.21. The summed E-state index contributed by atoms with van der Waals surface area (Å²) in [4.78, 5) is 82.4. The first-order valence-electron chi connectivity index (χ1n) is 17.7. The number of hydrogen-bond donors (Lipinski definition) is 5. The van der Waals surface area contributed by atoms with Gasteiger partial charge in [-0.3, -0.25) is 29.0 Å². The minimum atomic E-state index is -1.13. The van der Waals surface area contributed by atoms with Crippen LogP contribution >= 0.6 is 0 Å². The van der Waals surface area contributed by atoms with E-state index in [1.165, 1.54) is 7.11 Å². The Morgan fingerprint density at radius 1 is 0.811 bits per heavy atom. The van der Waals surface area contributed by atoms with Gasteiger partial charge in [0.05, 0.1) is 24.9 Å². The molecule has 2 bridgehead atoms. The maximum atomic E-state index is 13.4. The summed E-state index contributed by atoms with van der Waals surface area (Å²) in [7, 11) is 1.17. The molecule has 0 fully saturated rings. The summed E-state index contributed by atoms with van der Waals surface area (Å²) in [5, 5.41) is 14.6. The van der Waals surface area contributed by atoms with Crippen LogP contribution in [-0.2, 0) is 39.9 Å². The molecule has 276 valence electrons. The number of anilines is 2. The molecule has 1 unspecified atom stereocenters. The highest BCUT2D eigenvalue weighted by Gasteiger charge is 2.26. The molecule has 0 aliphatic carbocycles. The topological polar surface area (TPSA) is 185 Å². The lowest BCUT2D eigenvalue weighted by molar-refractivity contribution is -0.145. The number of carbonyl (C=O) groups is 6. The smallest absolute Gasteiger partial charge is 0.328 e. The number of nitrogens with zero attached hydrogens (tertiary/aromatic N) is 1. The summed E-state index contributed by atoms with van der Waals surface area (Å²) in [5.41, 5.74) is 3.53. The van der Waals surface area contributed by atoms with E-state index >= 15 is 0 Å². The minimum Gasteiger partial charge on any atom is -0.467 e. The maximum Gasteiger partial charge on any atom is 0.328 e. The van der Waals surface area contributed by atoms with Gasteiger partial charge in [0.15, 0.2) is 0 Å². The zero-order chi connectivity index (χ0) is 37.6. The molecular weight excluding hydrogens is 676 g/mol. The maximum absolute atomic E-state index is 13.4. The molecule has 4 aromatic rings. The molecule has 3 aromatic carbocycles. The first-order valence-corrected chi connectivity index (χ1v) is 17.7. The van der Waals surface area contributed by atoms with Crippen molar-refractivity contribution in [2.75, 3.05) is 24.3 Å². The molecular formula is C40H44N6O7. The fraction of sp³-hybridized carbons (Fsp3) is 0.325. The summed E-state index contributed by atoms with van der Waals surface area (Å²) >= 11 is 0. The van der Waals surface area contributed by atoms with Crippen molar-refractivity contribution in [1.82, 2.24) is 20.9 Å². The van der Waals surface area contributed by atoms with Crippen LogP contribution in [0.5, 0.6) is 0 Å². The number of esters is 1. The monoisotopic (exact) mass is 720 g/mol. The molecule has 2 aliphatic rings. The lowest BCUT2D eigenvalue weighted by Crippen LogP contribution is -2.51. The Balaban J connectivity index is 1.34. The zero-order valence-electron chi connectivity index (χ0n) is 29.6. The molecule has 3 heterocycles. The highest BCUT2D eigenvalue weighted by Crippen LogP contribution is 2.29. The van der Waals surface area contributed by atoms with Gasteiger partial charge in [-0.25, -0.2) is 4.79 Å². The number of amides is 5. The van der Waals surface area contributed by atoms with Crippen LogP contribution < -0.4 is 26.6 Å². The number of para-hydroxylation sites is 1. The fourth-order valence-electron chi connectivity index (χ4n) is 6.28. The van der Waals surface area contributed by atoms with E-state index in [9.17, 15) is 28.8 Å². The van der Waals surface area contributed by atoms with Gasteiger partial charge < -0.3 is 31.3 Å². The molecule has 5 amide bonds. The number of ether oxygens (including phenoxy) is 1. The van der Waals surface area contributed by atoms with E-state index in [1.54, 1.807) is 18.3 Å². The predicted octanol–water partition coefficient (Wildman–Crippen LogP) is 4.14. The van der Waals surface area contributed by atoms with Gasteiger partial charge in [0, 0.05) is 43.0 Å². The highest BCUT2D eigenvalue weighted by molar-refractivity contribution is 6.00. The van der Waals surface area contributed by atoms with Gasteiger partial charge in [-0.05, 0) is 60.6 Å². The second-order valence-electron chi connectivity index (χ2n) is 13.0. The molecule has 0 radical (unpaired) electrons. The van der Waals surface area contributed by atoms with Crippen LogP contribution in [0.15, 0.2) is 91.1 Å². The molecule has 0 spiro atoms. The van der Waals surface area contributed by atoms with Crippen molar-refractivity contribution in [3.8, 4) is 0 Å². The third-order valence-electron chi connectivity index (χ3n) is 9.05. The van der Waals surface area contributed by atoms with Gasteiger partial charge in [-0.2, -0.15) is 0 Å². The van der Waals surface area contributed by atoms with Crippen molar-refractivity contribution in [3.63, 3.8) is 0 Å². The number of rotatable bonds is 6. The standard InChI is InChI=1S/C40H44N6O7/c1-53-40(52)32-20-21-35(48)43-30-18-16-27(17-19-30)29(24-36(49)44-31-14-7-12-28-13-8-22-41-38(28)31)11-5-6-15-34(47)46-33(23-26-9-3-2-4-10-26)39(51)42-25-37(50)45-32/h2-4,7-10,12-14,16-19,22,29,32-33H,5-6,11,15,20-21,23-25H2,1H3,(H,42,51)(H,43,48)(H,44,49)(H,45,50)(H,46,47)/t29?,32-,33-/m0/s1. The number of methoxy groups -OCH3 is 1. The van der Waals surface area contributed by atoms with Crippen molar-refractivity contribution in [2.45, 2.75) is 69.4 Å². The average Bonchev–Trinajstić information content (AvgIpc) is 3.16. The Kier molecular flexibility index (Phi) is 13.6. The van der Waals surface area contributed by atoms with Crippen LogP contribution in [0.2, 0.25) is 0 Å². The van der Waals surface area contributed by atoms with E-state index in [1.807, 2.05) is 72.8 Å². The molecule has 3 atom stereocenters. The SMILES string of the molecule is COC(=O)[C@@H]1CCC(=O)Nc2ccc(cc2)C(CC(=O)Nc2cccc3cccnc23)CCCCC(=O)N[C@@H](Cc2ccccc2)C(=O)NCC(=O)N1. The molecule has 2 aliphatic heterocycles. The van der Waals surface area contributed by atoms with Gasteiger partial charge in [0.1, 0.15) is 12.1 Å². The van der Waals surface area contributed by atoms with Crippen molar-refractivity contribution in [2.24, 2.45) is 0 Å². The predicted molar refractivity (Wildman–Crippen MR) is 200 cm³/mol. The van der Waals surface area contributed by atoms with E-state index < -0.39 is 36.4 Å². The molecule has 1 aromatic heterocycles. The Morgan fingerprint density at radius 3 is 2.36 bits per heavy atom. The van der Waals surface area contributed by atoms with Crippen LogP contribution in [0.25, 0.3) is 10.9 Å². The highest BCUT2D eigenvalue weighted by atomic mass is 16.5. The van der Waals surface area contributed by atoms with Crippen LogP contribution in [0, 0.1) is 0 Å². The molecule has 6 rings (SSSR count). The number of benzene rings is 3. The second-order valence-corrected chi connectivity index (χ2v) is 13.0. The van der Waals surface area contributed by atoms with Crippen LogP contribution in [-0.4, -0.2) is 66.2 Å². The van der Waals surface area contributed by atoms with Crippen molar-refractivity contribution < 1.29 is 33.5 Å². The summed E-state index contributed by atoms with van der Waals surface area (Å²) < 4.78 is 4.83. The summed E-state index contributed by atoms with van der Waals surface area (Å²) in [5.74, 6) is -3.06. The number of hydrogen-bond acceptors (Lipinski definition) is 8. The van der Waals surface area contributed by atoms with Gasteiger partial charge in [-0.1, -0.05) is 67.1 Å². The van der Waals surface area contributed by atoms with E-state index in [4.69, 9.17) is 4.74 Å². The Morgan fingerprint density at radius 2 is 1.58 bits per heavy atom. The second kappa shape index (κ2) is 18.9. The lowest BCUT2D eigenvalue weighted by atomic mass is 9.89. The summed E-state index contributed by atoms with van der Waals surface area (Å²) in [6.45, 7) is -0.460. The summed E-state index contributed by atoms with van der Waals surface area (Å²) in [6, 6.07) is 23.7. The van der Waals surface area contributed by atoms with Crippen molar-refractivity contribution >= 4 is 57.8 Å². The number of carbonyl (C=O) groups excluding carboxylic acids is 6. The number of nitrogens with one attached hydrogen (secondary N) is 5. The molecule has 13 heteroatoms. The van der Waals surface area contributed by atoms with E-state index in [0.717, 1.165) is 16.5 Å². The van der Waals surface area contributed by atoms with E-state index in [-0.39, 0.29) is 55.7 Å². The third kappa shape index (κ3) is 11.4. The Labute approximate surface area is 307 Å². The van der Waals surface area contributed by atoms with Crippen molar-refractivity contribution in [3.05, 3.63) is 102 Å². The number of pyridine rings is 1. The number of aromatic nitrogens is 1. The third-order valence-corrected chi connectivity index (χ3v) is 9.05. The van der Waals surface area contributed by atoms with Gasteiger partial charge in [0.2, 0.25) is 29.5 Å². The Hall–Kier alpha value is -6.11. The fourth-order valence-corrected chi connectivity index (χ4v) is 6.28. The average molecular weight is 721 g/mol. The Bertz CT molecular complexity index is 1910. The normalized spacial score (nSPS) is 19.4. The first kappa shape index (κ1) is 38.1. The molecule has 5 N–H and O–H groups in total. The van der Waals surface area contributed by atoms with E-state index in [2.05, 4.69) is 31.6 Å². The number of fused-ring (bicyclic) bond motifs is 20. The first-order chi connectivity index (χ1) is 25.7. The molecule has 0 saturated heterocycles. The van der Waals surface area contributed by atoms with Crippen LogP contribution in [0.4, 0.5) is 11.4 Å². The van der Waals surface area contributed by atoms with Gasteiger partial charge in [0.25, 0.3) is 0 Å². The van der Waals surface area contributed by atoms with Gasteiger partial charge >= 0.3 is 5.97 Å². The molecule has 13 nitrogen and oxygen atoms in total. The molecule has 0 saturated carbocycles. The zero-order valence-corrected chi connectivity index (χ0v) is 29.6. The minimum absolute atomic E-state index is 0.0492. The van der Waals surface area contributed by atoms with Crippen LogP contribution in [0.1, 0.15) is 62.0 Å². The molecule has 53 heavy (non-hydrogen) atoms. The summed E-state index contributed by atoms with van der Waals surface area (Å²) in [6.07, 6.45) is 3.75. The quantitative estimate of drug-likeness (QED) is 0.145. The van der Waals surface area contributed by atoms with E-state index in [0.29, 0.717) is 36.2 Å². The largest absolute Gasteiger partial charge is 0.467 e. The van der Waals surface area contributed by atoms with Crippen molar-refractivity contribution in [1.29, 1.82) is 0 Å². The van der Waals surface area contributed by atoms with Crippen LogP contribution in [0.3, 0.4) is 0 Å².